The number of benzene rings is 2. The highest BCUT2D eigenvalue weighted by molar-refractivity contribution is 5.23. The van der Waals surface area contributed by atoms with Crippen LogP contribution >= 0.6 is 0 Å². The van der Waals surface area contributed by atoms with Gasteiger partial charge in [-0.3, -0.25) is 0 Å². The number of hydrogen-bond donors (Lipinski definition) is 1. The second-order valence-corrected chi connectivity index (χ2v) is 5.10. The smallest absolute Gasteiger partial charge is 0.119 e. The van der Waals surface area contributed by atoms with Crippen molar-refractivity contribution >= 4 is 0 Å². The van der Waals surface area contributed by atoms with Gasteiger partial charge in [0.15, 0.2) is 0 Å². The van der Waals surface area contributed by atoms with E-state index in [1.165, 1.54) is 11.1 Å². The Labute approximate surface area is 121 Å². The lowest BCUT2D eigenvalue weighted by atomic mass is 10.1. The molecular weight excluding hydrogens is 246 g/mol. The molecule has 0 aromatic heterocycles. The molecule has 0 saturated carbocycles. The normalized spacial score (nSPS) is 12.1. The molecule has 106 valence electrons. The number of aryl methyl sites for hydroxylation is 1. The Bertz CT molecular complexity index is 493. The second-order valence-electron chi connectivity index (χ2n) is 5.10. The average Bonchev–Trinajstić information content (AvgIpc) is 2.48. The van der Waals surface area contributed by atoms with Crippen LogP contribution in [0.1, 0.15) is 30.5 Å². The summed E-state index contributed by atoms with van der Waals surface area (Å²) >= 11 is 0. The van der Waals surface area contributed by atoms with Crippen LogP contribution in [-0.2, 0) is 0 Å². The van der Waals surface area contributed by atoms with E-state index < -0.39 is 0 Å². The largest absolute Gasteiger partial charge is 0.494 e. The minimum atomic E-state index is 0.382. The number of para-hydroxylation sites is 1. The van der Waals surface area contributed by atoms with Crippen LogP contribution in [0.2, 0.25) is 0 Å². The molecule has 1 N–H and O–H groups in total. The maximum Gasteiger partial charge on any atom is 0.119 e. The molecule has 1 atom stereocenters. The highest BCUT2D eigenvalue weighted by atomic mass is 16.5. The molecule has 2 aromatic carbocycles. The quantitative estimate of drug-likeness (QED) is 0.764. The lowest BCUT2D eigenvalue weighted by Crippen LogP contribution is -2.21. The SMILES string of the molecule is Cc1ccc([C@@H](C)NCCCOc2ccccc2)cc1. The van der Waals surface area contributed by atoms with Gasteiger partial charge in [0.05, 0.1) is 6.61 Å². The van der Waals surface area contributed by atoms with E-state index in [0.29, 0.717) is 6.04 Å². The van der Waals surface area contributed by atoms with Crippen LogP contribution in [0.4, 0.5) is 0 Å². The summed E-state index contributed by atoms with van der Waals surface area (Å²) in [7, 11) is 0. The second kappa shape index (κ2) is 7.71. The topological polar surface area (TPSA) is 21.3 Å². The standard InChI is InChI=1S/C18H23NO/c1-15-9-11-17(12-10-15)16(2)19-13-6-14-20-18-7-4-3-5-8-18/h3-5,7-12,16,19H,6,13-14H2,1-2H3/t16-/m1/s1. The van der Waals surface area contributed by atoms with Crippen molar-refractivity contribution in [2.24, 2.45) is 0 Å². The first-order valence-electron chi connectivity index (χ1n) is 7.23. The molecule has 0 spiro atoms. The molecule has 0 aliphatic rings. The van der Waals surface area contributed by atoms with Gasteiger partial charge in [-0.25, -0.2) is 0 Å². The van der Waals surface area contributed by atoms with Crippen molar-refractivity contribution in [2.75, 3.05) is 13.2 Å². The van der Waals surface area contributed by atoms with Crippen LogP contribution in [0.5, 0.6) is 5.75 Å². The van der Waals surface area contributed by atoms with E-state index >= 15 is 0 Å². The van der Waals surface area contributed by atoms with Crippen molar-refractivity contribution in [3.05, 3.63) is 65.7 Å². The third-order valence-electron chi connectivity index (χ3n) is 3.36. The van der Waals surface area contributed by atoms with Crippen LogP contribution in [-0.4, -0.2) is 13.2 Å². The highest BCUT2D eigenvalue weighted by Crippen LogP contribution is 2.13. The Hall–Kier alpha value is -1.80. The predicted octanol–water partition coefficient (Wildman–Crippen LogP) is 4.11. The zero-order valence-electron chi connectivity index (χ0n) is 12.3. The van der Waals surface area contributed by atoms with E-state index in [1.54, 1.807) is 0 Å². The number of hydrogen-bond acceptors (Lipinski definition) is 2. The molecule has 20 heavy (non-hydrogen) atoms. The Morgan fingerprint density at radius 2 is 1.70 bits per heavy atom. The van der Waals surface area contributed by atoms with Gasteiger partial charge >= 0.3 is 0 Å². The molecule has 0 heterocycles. The summed E-state index contributed by atoms with van der Waals surface area (Å²) in [5, 5.41) is 3.52. The third-order valence-corrected chi connectivity index (χ3v) is 3.36. The van der Waals surface area contributed by atoms with Gasteiger partial charge in [-0.05, 0) is 44.5 Å². The Balaban J connectivity index is 1.64. The van der Waals surface area contributed by atoms with Gasteiger partial charge in [0.25, 0.3) is 0 Å². The molecule has 0 amide bonds. The van der Waals surface area contributed by atoms with Crippen LogP contribution in [0.25, 0.3) is 0 Å². The number of rotatable bonds is 7. The average molecular weight is 269 g/mol. The van der Waals surface area contributed by atoms with Crippen molar-refractivity contribution in [1.82, 2.24) is 5.32 Å². The fourth-order valence-corrected chi connectivity index (χ4v) is 2.07. The molecule has 2 nitrogen and oxygen atoms in total. The van der Waals surface area contributed by atoms with Gasteiger partial charge < -0.3 is 10.1 Å². The monoisotopic (exact) mass is 269 g/mol. The van der Waals surface area contributed by atoms with E-state index in [4.69, 9.17) is 4.74 Å². The van der Waals surface area contributed by atoms with Crippen molar-refractivity contribution in [3.63, 3.8) is 0 Å². The summed E-state index contributed by atoms with van der Waals surface area (Å²) in [5.41, 5.74) is 2.64. The third kappa shape index (κ3) is 4.71. The van der Waals surface area contributed by atoms with Gasteiger partial charge in [-0.15, -0.1) is 0 Å². The van der Waals surface area contributed by atoms with Crippen LogP contribution in [0.15, 0.2) is 54.6 Å². The molecule has 0 unspecified atom stereocenters. The molecule has 0 radical (unpaired) electrons. The maximum absolute atomic E-state index is 5.67. The molecule has 2 rings (SSSR count). The summed E-state index contributed by atoms with van der Waals surface area (Å²) in [4.78, 5) is 0. The summed E-state index contributed by atoms with van der Waals surface area (Å²) in [6.45, 7) is 6.02. The first kappa shape index (κ1) is 14.6. The summed E-state index contributed by atoms with van der Waals surface area (Å²) in [6, 6.07) is 19.0. The first-order chi connectivity index (χ1) is 9.75. The zero-order valence-corrected chi connectivity index (χ0v) is 12.3. The van der Waals surface area contributed by atoms with Crippen molar-refractivity contribution < 1.29 is 4.74 Å². The predicted molar refractivity (Wildman–Crippen MR) is 84.2 cm³/mol. The minimum absolute atomic E-state index is 0.382. The Morgan fingerprint density at radius 1 is 1.00 bits per heavy atom. The van der Waals surface area contributed by atoms with Crippen LogP contribution in [0.3, 0.4) is 0 Å². The summed E-state index contributed by atoms with van der Waals surface area (Å²) < 4.78 is 5.67. The van der Waals surface area contributed by atoms with Gasteiger partial charge in [-0.2, -0.15) is 0 Å². The van der Waals surface area contributed by atoms with Gasteiger partial charge in [0.1, 0.15) is 5.75 Å². The molecule has 2 aromatic rings. The summed E-state index contributed by atoms with van der Waals surface area (Å²) in [5.74, 6) is 0.944. The first-order valence-corrected chi connectivity index (χ1v) is 7.23. The molecular formula is C18H23NO. The fourth-order valence-electron chi connectivity index (χ4n) is 2.07. The van der Waals surface area contributed by atoms with E-state index in [9.17, 15) is 0 Å². The number of ether oxygens (including phenoxy) is 1. The molecule has 0 aliphatic carbocycles. The molecule has 0 aliphatic heterocycles. The van der Waals surface area contributed by atoms with Crippen molar-refractivity contribution in [3.8, 4) is 5.75 Å². The number of nitrogens with one attached hydrogen (secondary N) is 1. The maximum atomic E-state index is 5.67. The van der Waals surface area contributed by atoms with Crippen molar-refractivity contribution in [1.29, 1.82) is 0 Å². The minimum Gasteiger partial charge on any atom is -0.494 e. The van der Waals surface area contributed by atoms with Crippen molar-refractivity contribution in [2.45, 2.75) is 26.3 Å². The van der Waals surface area contributed by atoms with Crippen LogP contribution < -0.4 is 10.1 Å². The zero-order chi connectivity index (χ0) is 14.2. The van der Waals surface area contributed by atoms with Gasteiger partial charge in [-0.1, -0.05) is 48.0 Å². The molecule has 0 saturated heterocycles. The molecule has 0 bridgehead atoms. The molecule has 2 heteroatoms. The van der Waals surface area contributed by atoms with E-state index in [-0.39, 0.29) is 0 Å². The van der Waals surface area contributed by atoms with Gasteiger partial charge in [0.2, 0.25) is 0 Å². The van der Waals surface area contributed by atoms with Gasteiger partial charge in [0, 0.05) is 6.04 Å². The Kier molecular flexibility index (Phi) is 5.63. The van der Waals surface area contributed by atoms with Crippen LogP contribution in [0, 0.1) is 6.92 Å². The van der Waals surface area contributed by atoms with E-state index in [0.717, 1.165) is 25.3 Å². The highest BCUT2D eigenvalue weighted by Gasteiger charge is 2.03. The lowest BCUT2D eigenvalue weighted by molar-refractivity contribution is 0.305. The Morgan fingerprint density at radius 3 is 2.40 bits per heavy atom. The van der Waals surface area contributed by atoms with E-state index in [1.807, 2.05) is 30.3 Å². The molecule has 0 fully saturated rings. The summed E-state index contributed by atoms with van der Waals surface area (Å²) in [6.07, 6.45) is 1.01. The lowest BCUT2D eigenvalue weighted by Gasteiger charge is -2.14. The van der Waals surface area contributed by atoms with E-state index in [2.05, 4.69) is 43.4 Å². The fraction of sp³-hybridized carbons (Fsp3) is 0.333.